The van der Waals surface area contributed by atoms with Gasteiger partial charge in [0, 0.05) is 13.1 Å². The van der Waals surface area contributed by atoms with Crippen LogP contribution in [-0.4, -0.2) is 10.9 Å². The maximum absolute atomic E-state index is 8.59. The van der Waals surface area contributed by atoms with Crippen molar-refractivity contribution < 1.29 is 0 Å². The van der Waals surface area contributed by atoms with E-state index in [4.69, 9.17) is 11.1 Å². The van der Waals surface area contributed by atoms with E-state index in [9.17, 15) is 0 Å². The predicted molar refractivity (Wildman–Crippen MR) is 263 cm³/mol. The minimum Gasteiger partial charge on any atom is -0.370 e. The van der Waals surface area contributed by atoms with E-state index in [1.807, 2.05) is 4.90 Å². The summed E-state index contributed by atoms with van der Waals surface area (Å²) in [7, 11) is -2.02. The van der Waals surface area contributed by atoms with Gasteiger partial charge in [-0.05, 0) is 159 Å². The Hall–Kier alpha value is -5.59. The fourth-order valence-electron chi connectivity index (χ4n) is 9.67. The van der Waals surface area contributed by atoms with Crippen molar-refractivity contribution in [3.05, 3.63) is 189 Å². The predicted octanol–water partition coefficient (Wildman–Crippen LogP) is 10.9. The van der Waals surface area contributed by atoms with Crippen LogP contribution in [0.5, 0.6) is 0 Å². The first kappa shape index (κ1) is 39.8. The molecule has 4 aliphatic rings. The Morgan fingerprint density at radius 2 is 0.717 bits per heavy atom. The molecule has 12 rings (SSSR count). The molecule has 0 aliphatic carbocycles. The second-order valence-corrected chi connectivity index (χ2v) is 21.7. The highest BCUT2D eigenvalue weighted by Crippen LogP contribution is 2.47. The molecule has 0 spiro atoms. The lowest BCUT2D eigenvalue weighted by atomic mass is 9.92. The number of nitrogens with zero attached hydrogens (tertiary/aromatic N) is 1. The SMILES string of the molecule is Cc1cc(C)cc(P(c2cc(C)cc(C)c2)c2ccc3cc4ccc3c2-c2c(P(c3cc(C)cc(C)c3)c3cc(C)cc(C)c3)ccc3cc(ccc23)CN(C(=N)N)C4)c1. The van der Waals surface area contributed by atoms with E-state index in [1.54, 1.807) is 0 Å². The van der Waals surface area contributed by atoms with E-state index in [1.165, 1.54) is 109 Å². The Bertz CT molecular complexity index is 2650. The molecule has 3 N–H and O–H groups in total. The summed E-state index contributed by atoms with van der Waals surface area (Å²) in [5.41, 5.74) is 21.5. The van der Waals surface area contributed by atoms with Crippen molar-refractivity contribution in [3.63, 3.8) is 0 Å². The molecule has 5 heteroatoms. The third-order valence-corrected chi connectivity index (χ3v) is 16.6. The summed E-state index contributed by atoms with van der Waals surface area (Å²) in [4.78, 5) is 1.98. The van der Waals surface area contributed by atoms with Gasteiger partial charge in [0.15, 0.2) is 5.96 Å². The van der Waals surface area contributed by atoms with Crippen molar-refractivity contribution in [2.24, 2.45) is 5.73 Å². The lowest BCUT2D eigenvalue weighted by Gasteiger charge is -2.29. The number of hydrogen-bond acceptors (Lipinski definition) is 1. The van der Waals surface area contributed by atoms with Gasteiger partial charge in [0.25, 0.3) is 0 Å². The molecule has 8 bridgehead atoms. The molecular formula is C55H53N3P2. The first-order valence-corrected chi connectivity index (χ1v) is 23.6. The van der Waals surface area contributed by atoms with Gasteiger partial charge in [0.05, 0.1) is 0 Å². The zero-order chi connectivity index (χ0) is 42.0. The van der Waals surface area contributed by atoms with Crippen molar-refractivity contribution in [3.8, 4) is 11.1 Å². The van der Waals surface area contributed by atoms with Crippen LogP contribution in [0.2, 0.25) is 0 Å². The zero-order valence-corrected chi connectivity index (χ0v) is 37.8. The Balaban J connectivity index is 1.48. The van der Waals surface area contributed by atoms with Crippen molar-refractivity contribution in [2.75, 3.05) is 0 Å². The number of benzene rings is 8. The zero-order valence-electron chi connectivity index (χ0n) is 36.0. The Labute approximate surface area is 358 Å². The second-order valence-electron chi connectivity index (χ2n) is 17.3. The first-order chi connectivity index (χ1) is 28.8. The first-order valence-electron chi connectivity index (χ1n) is 20.9. The number of rotatable bonds is 6. The number of nitrogens with two attached hydrogens (primary N) is 1. The van der Waals surface area contributed by atoms with Crippen LogP contribution in [-0.2, 0) is 13.1 Å². The minimum absolute atomic E-state index is 0.0808. The van der Waals surface area contributed by atoms with Gasteiger partial charge in [-0.15, -0.1) is 0 Å². The fraction of sp³-hybridized carbons (Fsp3) is 0.182. The van der Waals surface area contributed by atoms with Crippen molar-refractivity contribution in [1.82, 2.24) is 4.90 Å². The van der Waals surface area contributed by atoms with E-state index >= 15 is 0 Å². The standard InChI is InChI=1S/C55H53N3P2/c1-33-17-34(2)22-45(21-33)59(46-23-35(3)18-36(4)24-46)51-15-11-43-29-41-9-13-49(43)53(51)54-50-14-10-42(32-58(31-41)55(56)57)30-44(50)12-16-52(54)60(47-25-37(5)19-38(6)26-47)48-27-39(7)20-40(8)28-48/h9-30H,31-32H2,1-8H3,(H3,56,57). The molecule has 4 heterocycles. The van der Waals surface area contributed by atoms with Gasteiger partial charge in [0.1, 0.15) is 0 Å². The Morgan fingerprint density at radius 3 is 1.00 bits per heavy atom. The fourth-order valence-corrected chi connectivity index (χ4v) is 15.4. The monoisotopic (exact) mass is 817 g/mol. The van der Waals surface area contributed by atoms with Crippen LogP contribution >= 0.6 is 15.8 Å². The van der Waals surface area contributed by atoms with E-state index in [0.717, 1.165) is 11.1 Å². The van der Waals surface area contributed by atoms with E-state index in [0.29, 0.717) is 13.1 Å². The maximum atomic E-state index is 8.59. The van der Waals surface area contributed by atoms with Crippen LogP contribution in [0.15, 0.2) is 133 Å². The van der Waals surface area contributed by atoms with Crippen molar-refractivity contribution in [2.45, 2.75) is 68.5 Å². The normalized spacial score (nSPS) is 12.6. The third-order valence-electron chi connectivity index (χ3n) is 11.8. The number of hydrogen-bond donors (Lipinski definition) is 2. The molecule has 0 saturated heterocycles. The molecule has 0 atom stereocenters. The third kappa shape index (κ3) is 7.67. The summed E-state index contributed by atoms with van der Waals surface area (Å²) in [6.07, 6.45) is 0. The highest BCUT2D eigenvalue weighted by atomic mass is 31.1. The van der Waals surface area contributed by atoms with Gasteiger partial charge in [-0.25, -0.2) is 0 Å². The number of nitrogens with one attached hydrogen (secondary N) is 1. The van der Waals surface area contributed by atoms with Crippen LogP contribution in [0.1, 0.15) is 55.6 Å². The van der Waals surface area contributed by atoms with Gasteiger partial charge in [-0.2, -0.15) is 0 Å². The van der Waals surface area contributed by atoms with E-state index in [2.05, 4.69) is 189 Å². The summed E-state index contributed by atoms with van der Waals surface area (Å²) in [6.45, 7) is 19.0. The number of aryl methyl sites for hydroxylation is 8. The lowest BCUT2D eigenvalue weighted by molar-refractivity contribution is 0.399. The Morgan fingerprint density at radius 1 is 0.417 bits per heavy atom. The molecule has 298 valence electrons. The molecule has 3 nitrogen and oxygen atoms in total. The van der Waals surface area contributed by atoms with Gasteiger partial charge in [-0.1, -0.05) is 166 Å². The molecule has 0 saturated carbocycles. The van der Waals surface area contributed by atoms with Crippen LogP contribution in [0.25, 0.3) is 32.7 Å². The molecular weight excluding hydrogens is 765 g/mol. The lowest BCUT2D eigenvalue weighted by Crippen LogP contribution is -2.35. The van der Waals surface area contributed by atoms with Gasteiger partial charge >= 0.3 is 0 Å². The quantitative estimate of drug-likeness (QED) is 0.0998. The molecule has 60 heavy (non-hydrogen) atoms. The smallest absolute Gasteiger partial charge is 0.188 e. The Kier molecular flexibility index (Phi) is 10.5. The maximum Gasteiger partial charge on any atom is 0.188 e. The van der Waals surface area contributed by atoms with Crippen LogP contribution in [0, 0.1) is 60.8 Å². The molecule has 0 radical (unpaired) electrons. The molecule has 4 aliphatic heterocycles. The van der Waals surface area contributed by atoms with Gasteiger partial charge < -0.3 is 10.6 Å². The van der Waals surface area contributed by atoms with Crippen LogP contribution < -0.4 is 37.6 Å². The largest absolute Gasteiger partial charge is 0.370 e. The topological polar surface area (TPSA) is 53.1 Å². The van der Waals surface area contributed by atoms with Gasteiger partial charge in [-0.3, -0.25) is 5.41 Å². The summed E-state index contributed by atoms with van der Waals surface area (Å²) >= 11 is 0. The summed E-state index contributed by atoms with van der Waals surface area (Å²) in [6, 6.07) is 52.2. The van der Waals surface area contributed by atoms with Gasteiger partial charge in [0.2, 0.25) is 0 Å². The molecule has 0 fully saturated rings. The highest BCUT2D eigenvalue weighted by molar-refractivity contribution is 7.81. The molecule has 8 aromatic carbocycles. The van der Waals surface area contributed by atoms with Crippen LogP contribution in [0.4, 0.5) is 0 Å². The molecule has 8 aromatic rings. The summed E-state index contributed by atoms with van der Waals surface area (Å²) < 4.78 is 0. The number of guanidine groups is 1. The second kappa shape index (κ2) is 15.8. The summed E-state index contributed by atoms with van der Waals surface area (Å²) in [5.74, 6) is 0.0808. The van der Waals surface area contributed by atoms with E-state index < -0.39 is 15.8 Å². The average molecular weight is 818 g/mol. The van der Waals surface area contributed by atoms with E-state index in [-0.39, 0.29) is 5.96 Å². The highest BCUT2D eigenvalue weighted by Gasteiger charge is 2.30. The molecule has 0 unspecified atom stereocenters. The van der Waals surface area contributed by atoms with Crippen LogP contribution in [0.3, 0.4) is 0 Å². The molecule has 0 amide bonds. The average Bonchev–Trinajstić information content (AvgIpc) is 3.18. The van der Waals surface area contributed by atoms with Crippen molar-refractivity contribution >= 4 is 75.2 Å². The summed E-state index contributed by atoms with van der Waals surface area (Å²) in [5, 5.41) is 21.7. The minimum atomic E-state index is -1.01. The molecule has 0 aromatic heterocycles. The van der Waals surface area contributed by atoms with Crippen molar-refractivity contribution in [1.29, 1.82) is 5.41 Å².